The van der Waals surface area contributed by atoms with Gasteiger partial charge in [-0.05, 0) is 23.8 Å². The van der Waals surface area contributed by atoms with Crippen molar-refractivity contribution < 1.29 is 9.59 Å². The molecule has 126 valence electrons. The molecule has 1 aliphatic heterocycles. The van der Waals surface area contributed by atoms with Crippen LogP contribution in [0.4, 0.5) is 0 Å². The number of nitrogens with zero attached hydrogens (tertiary/aromatic N) is 4. The zero-order chi connectivity index (χ0) is 17.3. The third kappa shape index (κ3) is 3.28. The van der Waals surface area contributed by atoms with Crippen molar-refractivity contribution in [2.45, 2.75) is 6.92 Å². The number of aromatic nitrogens is 2. The first-order valence-corrected chi connectivity index (χ1v) is 8.18. The molecule has 0 radical (unpaired) electrons. The molecule has 2 amide bonds. The smallest absolute Gasteiger partial charge is 0.274 e. The number of halogens is 1. The normalized spacial score (nSPS) is 14.8. The van der Waals surface area contributed by atoms with Gasteiger partial charge in [-0.25, -0.2) is 0 Å². The first-order chi connectivity index (χ1) is 11.5. The molecule has 2 aromatic rings. The van der Waals surface area contributed by atoms with E-state index in [1.807, 2.05) is 31.3 Å². The van der Waals surface area contributed by atoms with Gasteiger partial charge in [-0.2, -0.15) is 5.10 Å². The second-order valence-corrected chi connectivity index (χ2v) is 6.28. The van der Waals surface area contributed by atoms with Gasteiger partial charge in [0.15, 0.2) is 5.69 Å². The molecule has 0 aliphatic carbocycles. The van der Waals surface area contributed by atoms with Gasteiger partial charge in [0, 0.05) is 45.2 Å². The molecular weight excluding hydrogens is 328 g/mol. The highest BCUT2D eigenvalue weighted by molar-refractivity contribution is 6.30. The number of rotatable bonds is 2. The van der Waals surface area contributed by atoms with Gasteiger partial charge in [0.1, 0.15) is 0 Å². The fraction of sp³-hybridized carbons (Fsp3) is 0.353. The van der Waals surface area contributed by atoms with Crippen LogP contribution in [0.25, 0.3) is 11.3 Å². The molecule has 1 aliphatic rings. The highest BCUT2D eigenvalue weighted by Crippen LogP contribution is 2.22. The van der Waals surface area contributed by atoms with Crippen LogP contribution in [0, 0.1) is 0 Å². The number of aryl methyl sites for hydroxylation is 1. The lowest BCUT2D eigenvalue weighted by atomic mass is 10.1. The van der Waals surface area contributed by atoms with Crippen LogP contribution in [-0.4, -0.2) is 57.6 Å². The van der Waals surface area contributed by atoms with E-state index in [0.717, 1.165) is 11.3 Å². The predicted octanol–water partition coefficient (Wildman–Crippen LogP) is 2.04. The summed E-state index contributed by atoms with van der Waals surface area (Å²) >= 11 is 5.92. The van der Waals surface area contributed by atoms with E-state index < -0.39 is 0 Å². The summed E-state index contributed by atoms with van der Waals surface area (Å²) in [4.78, 5) is 27.5. The van der Waals surface area contributed by atoms with Crippen LogP contribution in [0.2, 0.25) is 5.02 Å². The summed E-state index contributed by atoms with van der Waals surface area (Å²) in [6.07, 6.45) is 0. The quantitative estimate of drug-likeness (QED) is 0.836. The Kier molecular flexibility index (Phi) is 4.57. The summed E-state index contributed by atoms with van der Waals surface area (Å²) < 4.78 is 1.70. The zero-order valence-corrected chi connectivity index (χ0v) is 14.5. The van der Waals surface area contributed by atoms with Crippen LogP contribution >= 0.6 is 11.6 Å². The van der Waals surface area contributed by atoms with E-state index in [1.165, 1.54) is 0 Å². The van der Waals surface area contributed by atoms with E-state index in [-0.39, 0.29) is 11.8 Å². The molecule has 3 rings (SSSR count). The van der Waals surface area contributed by atoms with Gasteiger partial charge in [-0.15, -0.1) is 0 Å². The van der Waals surface area contributed by atoms with Crippen molar-refractivity contribution in [3.8, 4) is 11.3 Å². The minimum Gasteiger partial charge on any atom is -0.339 e. The third-order valence-electron chi connectivity index (χ3n) is 4.25. The molecule has 2 heterocycles. The topological polar surface area (TPSA) is 58.4 Å². The molecule has 0 atom stereocenters. The number of hydrogen-bond acceptors (Lipinski definition) is 3. The third-order valence-corrected chi connectivity index (χ3v) is 4.50. The molecule has 1 saturated heterocycles. The lowest BCUT2D eigenvalue weighted by molar-refractivity contribution is -0.130. The molecular formula is C17H19ClN4O2. The number of piperazine rings is 1. The molecule has 0 bridgehead atoms. The first kappa shape index (κ1) is 16.5. The lowest BCUT2D eigenvalue weighted by Gasteiger charge is -2.33. The molecule has 24 heavy (non-hydrogen) atoms. The van der Waals surface area contributed by atoms with E-state index in [4.69, 9.17) is 11.6 Å². The Hall–Kier alpha value is -2.34. The van der Waals surface area contributed by atoms with E-state index in [1.54, 1.807) is 27.5 Å². The standard InChI is InChI=1S/C17H19ClN4O2/c1-12(23)21-7-9-22(10-8-21)17(24)15-11-16(20(2)19-15)13-3-5-14(18)6-4-13/h3-6,11H,7-10H2,1-2H3. The summed E-state index contributed by atoms with van der Waals surface area (Å²) in [5, 5.41) is 5.02. The molecule has 1 fully saturated rings. The van der Waals surface area contributed by atoms with Crippen LogP contribution in [0.5, 0.6) is 0 Å². The van der Waals surface area contributed by atoms with Gasteiger partial charge < -0.3 is 9.80 Å². The average molecular weight is 347 g/mol. The Morgan fingerprint density at radius 1 is 1.04 bits per heavy atom. The van der Waals surface area contributed by atoms with E-state index >= 15 is 0 Å². The van der Waals surface area contributed by atoms with Gasteiger partial charge in [0.25, 0.3) is 5.91 Å². The van der Waals surface area contributed by atoms with Gasteiger partial charge in [0.2, 0.25) is 5.91 Å². The van der Waals surface area contributed by atoms with Crippen molar-refractivity contribution in [3.63, 3.8) is 0 Å². The van der Waals surface area contributed by atoms with Crippen molar-refractivity contribution in [3.05, 3.63) is 41.0 Å². The Balaban J connectivity index is 1.76. The maximum atomic E-state index is 12.7. The van der Waals surface area contributed by atoms with E-state index in [9.17, 15) is 9.59 Å². The molecule has 1 aromatic heterocycles. The van der Waals surface area contributed by atoms with Crippen molar-refractivity contribution in [1.82, 2.24) is 19.6 Å². The number of hydrogen-bond donors (Lipinski definition) is 0. The summed E-state index contributed by atoms with van der Waals surface area (Å²) in [5.74, 6) is -0.0565. The van der Waals surface area contributed by atoms with Crippen LogP contribution < -0.4 is 0 Å². The summed E-state index contributed by atoms with van der Waals surface area (Å²) in [6, 6.07) is 9.22. The SMILES string of the molecule is CC(=O)N1CCN(C(=O)c2cc(-c3ccc(Cl)cc3)n(C)n2)CC1. The van der Waals surface area contributed by atoms with Crippen molar-refractivity contribution in [2.75, 3.05) is 26.2 Å². The Morgan fingerprint density at radius 3 is 2.21 bits per heavy atom. The van der Waals surface area contributed by atoms with Gasteiger partial charge in [0.05, 0.1) is 5.69 Å². The molecule has 0 saturated carbocycles. The second-order valence-electron chi connectivity index (χ2n) is 5.84. The van der Waals surface area contributed by atoms with Crippen LogP contribution in [-0.2, 0) is 11.8 Å². The van der Waals surface area contributed by atoms with Crippen molar-refractivity contribution in [1.29, 1.82) is 0 Å². The Labute approximate surface area is 145 Å². The molecule has 0 unspecified atom stereocenters. The monoisotopic (exact) mass is 346 g/mol. The fourth-order valence-corrected chi connectivity index (χ4v) is 2.98. The average Bonchev–Trinajstić information content (AvgIpc) is 2.97. The van der Waals surface area contributed by atoms with Crippen LogP contribution in [0.1, 0.15) is 17.4 Å². The highest BCUT2D eigenvalue weighted by Gasteiger charge is 2.25. The maximum absolute atomic E-state index is 12.7. The Morgan fingerprint density at radius 2 is 1.62 bits per heavy atom. The molecule has 0 N–H and O–H groups in total. The minimum atomic E-state index is -0.103. The summed E-state index contributed by atoms with van der Waals surface area (Å²) in [7, 11) is 1.81. The number of carbonyl (C=O) groups excluding carboxylic acids is 2. The van der Waals surface area contributed by atoms with Gasteiger partial charge in [-0.1, -0.05) is 23.7 Å². The Bertz CT molecular complexity index is 761. The minimum absolute atomic E-state index is 0.0463. The van der Waals surface area contributed by atoms with Crippen molar-refractivity contribution >= 4 is 23.4 Å². The molecule has 0 spiro atoms. The van der Waals surface area contributed by atoms with E-state index in [2.05, 4.69) is 5.10 Å². The fourth-order valence-electron chi connectivity index (χ4n) is 2.85. The number of benzene rings is 1. The summed E-state index contributed by atoms with van der Waals surface area (Å²) in [5.41, 5.74) is 2.23. The van der Waals surface area contributed by atoms with Gasteiger partial charge in [-0.3, -0.25) is 14.3 Å². The molecule has 6 nitrogen and oxygen atoms in total. The van der Waals surface area contributed by atoms with Crippen LogP contribution in [0.3, 0.4) is 0 Å². The van der Waals surface area contributed by atoms with Gasteiger partial charge >= 0.3 is 0 Å². The zero-order valence-electron chi connectivity index (χ0n) is 13.7. The predicted molar refractivity (Wildman–Crippen MR) is 91.8 cm³/mol. The molecule has 7 heteroatoms. The highest BCUT2D eigenvalue weighted by atomic mass is 35.5. The number of amides is 2. The first-order valence-electron chi connectivity index (χ1n) is 7.80. The largest absolute Gasteiger partial charge is 0.339 e. The second kappa shape index (κ2) is 6.65. The van der Waals surface area contributed by atoms with Crippen LogP contribution in [0.15, 0.2) is 30.3 Å². The van der Waals surface area contributed by atoms with Crippen molar-refractivity contribution in [2.24, 2.45) is 7.05 Å². The number of carbonyl (C=O) groups is 2. The maximum Gasteiger partial charge on any atom is 0.274 e. The van der Waals surface area contributed by atoms with E-state index in [0.29, 0.717) is 36.9 Å². The lowest BCUT2D eigenvalue weighted by Crippen LogP contribution is -2.50. The summed E-state index contributed by atoms with van der Waals surface area (Å²) in [6.45, 7) is 3.75. The molecule has 1 aromatic carbocycles.